The lowest BCUT2D eigenvalue weighted by Gasteiger charge is -2.35. The molecule has 2 atom stereocenters. The Kier molecular flexibility index (Phi) is 7.33. The van der Waals surface area contributed by atoms with E-state index in [1.807, 2.05) is 29.2 Å². The summed E-state index contributed by atoms with van der Waals surface area (Å²) in [5.41, 5.74) is 1.59. The van der Waals surface area contributed by atoms with Gasteiger partial charge in [-0.25, -0.2) is 4.98 Å². The number of aromatic nitrogens is 2. The Morgan fingerprint density at radius 2 is 1.89 bits per heavy atom. The molecule has 196 valence electrons. The third-order valence-electron chi connectivity index (χ3n) is 6.57. The van der Waals surface area contributed by atoms with Gasteiger partial charge < -0.3 is 33.7 Å². The summed E-state index contributed by atoms with van der Waals surface area (Å²) in [6, 6.07) is 12.7. The topological polar surface area (TPSA) is 89.3 Å². The predicted molar refractivity (Wildman–Crippen MR) is 139 cm³/mol. The number of piperazine rings is 1. The van der Waals surface area contributed by atoms with Crippen molar-refractivity contribution < 1.29 is 24.1 Å². The smallest absolute Gasteiger partial charge is 0.227 e. The SMILES string of the molecule is CC(=O)N1CCN(c2ccc(OC[C@@]3(O)CO[C@](Cn4ccnc4)(c4ccc(Cl)cc4Cl)O3)cc2)CC1. The molecule has 11 heteroatoms. The predicted octanol–water partition coefficient (Wildman–Crippen LogP) is 3.53. The second-order valence-corrected chi connectivity index (χ2v) is 10.1. The van der Waals surface area contributed by atoms with Gasteiger partial charge in [-0.1, -0.05) is 29.3 Å². The molecule has 0 bridgehead atoms. The average molecular weight is 547 g/mol. The van der Waals surface area contributed by atoms with E-state index in [2.05, 4.69) is 9.88 Å². The molecule has 3 aromatic rings. The number of carbonyl (C=O) groups is 1. The molecule has 9 nitrogen and oxygen atoms in total. The van der Waals surface area contributed by atoms with Crippen LogP contribution in [0.2, 0.25) is 10.0 Å². The number of amides is 1. The minimum atomic E-state index is -1.72. The van der Waals surface area contributed by atoms with E-state index in [1.165, 1.54) is 0 Å². The molecule has 0 saturated carbocycles. The van der Waals surface area contributed by atoms with Crippen molar-refractivity contribution in [2.24, 2.45) is 0 Å². The van der Waals surface area contributed by atoms with E-state index in [9.17, 15) is 9.90 Å². The molecule has 0 radical (unpaired) electrons. The molecule has 37 heavy (non-hydrogen) atoms. The number of aliphatic hydroxyl groups is 1. The number of hydrogen-bond donors (Lipinski definition) is 1. The van der Waals surface area contributed by atoms with Crippen molar-refractivity contribution in [3.8, 4) is 5.75 Å². The monoisotopic (exact) mass is 546 g/mol. The third-order valence-corrected chi connectivity index (χ3v) is 7.12. The molecule has 2 fully saturated rings. The molecule has 1 aromatic heterocycles. The van der Waals surface area contributed by atoms with Crippen LogP contribution in [-0.2, 0) is 26.6 Å². The van der Waals surface area contributed by atoms with Gasteiger partial charge in [0.15, 0.2) is 0 Å². The van der Waals surface area contributed by atoms with Crippen LogP contribution in [-0.4, -0.2) is 70.6 Å². The zero-order valence-electron chi connectivity index (χ0n) is 20.3. The van der Waals surface area contributed by atoms with Crippen molar-refractivity contribution in [1.82, 2.24) is 14.5 Å². The number of benzene rings is 2. The number of nitrogens with zero attached hydrogens (tertiary/aromatic N) is 4. The Bertz CT molecular complexity index is 1230. The van der Waals surface area contributed by atoms with Crippen LogP contribution in [0.5, 0.6) is 5.75 Å². The minimum absolute atomic E-state index is 0.104. The Hall–Kier alpha value is -2.82. The van der Waals surface area contributed by atoms with Gasteiger partial charge in [0.1, 0.15) is 19.0 Å². The number of hydrogen-bond acceptors (Lipinski definition) is 7. The van der Waals surface area contributed by atoms with Crippen LogP contribution in [0.1, 0.15) is 12.5 Å². The maximum absolute atomic E-state index is 11.6. The first-order chi connectivity index (χ1) is 17.8. The van der Waals surface area contributed by atoms with Gasteiger partial charge in [-0.05, 0) is 36.4 Å². The lowest BCUT2D eigenvalue weighted by Crippen LogP contribution is -2.48. The number of carbonyl (C=O) groups excluding carboxylic acids is 1. The molecular formula is C26H28Cl2N4O5. The number of halogens is 2. The lowest BCUT2D eigenvalue weighted by atomic mass is 10.1. The van der Waals surface area contributed by atoms with Crippen molar-refractivity contribution in [3.05, 3.63) is 76.8 Å². The molecule has 3 heterocycles. The standard InChI is InChI=1S/C26H28Cl2N4O5/c1-19(33)31-10-12-32(13-11-31)21-3-5-22(6-4-21)35-16-25(34)17-36-26(37-25,15-30-9-8-29-18-30)23-7-2-20(27)14-24(23)28/h2-9,14,18,34H,10-13,15-17H2,1H3/t25-,26-/m0/s1. The first kappa shape index (κ1) is 25.8. The normalized spacial score (nSPS) is 23.9. The summed E-state index contributed by atoms with van der Waals surface area (Å²) in [5, 5.41) is 12.1. The summed E-state index contributed by atoms with van der Waals surface area (Å²) in [7, 11) is 0. The highest BCUT2D eigenvalue weighted by Crippen LogP contribution is 2.43. The first-order valence-electron chi connectivity index (χ1n) is 12.0. The molecule has 2 aliphatic rings. The first-order valence-corrected chi connectivity index (χ1v) is 12.7. The van der Waals surface area contributed by atoms with Crippen LogP contribution in [0.4, 0.5) is 5.69 Å². The van der Waals surface area contributed by atoms with Crippen LogP contribution in [0, 0.1) is 0 Å². The van der Waals surface area contributed by atoms with Gasteiger partial charge in [0, 0.05) is 61.8 Å². The highest BCUT2D eigenvalue weighted by Gasteiger charge is 2.52. The van der Waals surface area contributed by atoms with E-state index >= 15 is 0 Å². The van der Waals surface area contributed by atoms with Gasteiger partial charge in [-0.3, -0.25) is 4.79 Å². The molecule has 2 aromatic carbocycles. The van der Waals surface area contributed by atoms with Crippen LogP contribution in [0.3, 0.4) is 0 Å². The van der Waals surface area contributed by atoms with E-state index in [1.54, 1.807) is 48.4 Å². The molecule has 0 unspecified atom stereocenters. The summed E-state index contributed by atoms with van der Waals surface area (Å²) in [6.07, 6.45) is 5.05. The molecule has 2 saturated heterocycles. The van der Waals surface area contributed by atoms with Gasteiger partial charge in [0.2, 0.25) is 17.5 Å². The Morgan fingerprint density at radius 3 is 2.54 bits per heavy atom. The van der Waals surface area contributed by atoms with Crippen LogP contribution >= 0.6 is 23.2 Å². The highest BCUT2D eigenvalue weighted by atomic mass is 35.5. The van der Waals surface area contributed by atoms with Gasteiger partial charge >= 0.3 is 0 Å². The van der Waals surface area contributed by atoms with E-state index in [4.69, 9.17) is 37.4 Å². The van der Waals surface area contributed by atoms with Crippen LogP contribution < -0.4 is 9.64 Å². The fourth-order valence-corrected chi connectivity index (χ4v) is 5.16. The summed E-state index contributed by atoms with van der Waals surface area (Å²) in [5.74, 6) is -2.40. The Balaban J connectivity index is 1.26. The minimum Gasteiger partial charge on any atom is -0.488 e. The van der Waals surface area contributed by atoms with E-state index in [0.717, 1.165) is 18.8 Å². The van der Waals surface area contributed by atoms with Crippen LogP contribution in [0.15, 0.2) is 61.2 Å². The molecule has 2 aliphatic heterocycles. The Morgan fingerprint density at radius 1 is 1.14 bits per heavy atom. The van der Waals surface area contributed by atoms with Gasteiger partial charge in [0.25, 0.3) is 0 Å². The van der Waals surface area contributed by atoms with Crippen molar-refractivity contribution >= 4 is 34.8 Å². The molecule has 5 rings (SSSR count). The van der Waals surface area contributed by atoms with Gasteiger partial charge in [0.05, 0.1) is 17.9 Å². The zero-order valence-corrected chi connectivity index (χ0v) is 21.9. The molecule has 1 amide bonds. The number of rotatable bonds is 7. The molecule has 0 spiro atoms. The zero-order chi connectivity index (χ0) is 26.0. The summed E-state index contributed by atoms with van der Waals surface area (Å²) >= 11 is 12.6. The van der Waals surface area contributed by atoms with Crippen LogP contribution in [0.25, 0.3) is 0 Å². The average Bonchev–Trinajstić information content (AvgIpc) is 3.51. The van der Waals surface area contributed by atoms with Crippen molar-refractivity contribution in [2.75, 3.05) is 44.3 Å². The summed E-state index contributed by atoms with van der Waals surface area (Å²) in [6.45, 7) is 4.49. The second-order valence-electron chi connectivity index (χ2n) is 9.22. The van der Waals surface area contributed by atoms with E-state index in [-0.39, 0.29) is 25.7 Å². The summed E-state index contributed by atoms with van der Waals surface area (Å²) in [4.78, 5) is 19.7. The fraction of sp³-hybridized carbons (Fsp3) is 0.385. The number of ether oxygens (including phenoxy) is 3. The van der Waals surface area contributed by atoms with Gasteiger partial charge in [-0.2, -0.15) is 0 Å². The van der Waals surface area contributed by atoms with Crippen molar-refractivity contribution in [2.45, 2.75) is 25.0 Å². The quantitative estimate of drug-likeness (QED) is 0.484. The maximum atomic E-state index is 11.6. The van der Waals surface area contributed by atoms with Crippen molar-refractivity contribution in [1.29, 1.82) is 0 Å². The molecule has 1 N–H and O–H groups in total. The number of anilines is 1. The number of imidazole rings is 1. The maximum Gasteiger partial charge on any atom is 0.227 e. The van der Waals surface area contributed by atoms with E-state index < -0.39 is 11.6 Å². The van der Waals surface area contributed by atoms with Crippen molar-refractivity contribution in [3.63, 3.8) is 0 Å². The summed E-state index contributed by atoms with van der Waals surface area (Å²) < 4.78 is 19.9. The fourth-order valence-electron chi connectivity index (χ4n) is 4.61. The van der Waals surface area contributed by atoms with Gasteiger partial charge in [-0.15, -0.1) is 0 Å². The second kappa shape index (κ2) is 10.5. The Labute approximate surface area is 225 Å². The van der Waals surface area contributed by atoms with E-state index in [0.29, 0.717) is 34.4 Å². The largest absolute Gasteiger partial charge is 0.488 e. The molecular weight excluding hydrogens is 519 g/mol. The molecule has 0 aliphatic carbocycles. The lowest BCUT2D eigenvalue weighted by molar-refractivity contribution is -0.266. The highest BCUT2D eigenvalue weighted by molar-refractivity contribution is 6.35. The third kappa shape index (κ3) is 5.71.